The van der Waals surface area contributed by atoms with Gasteiger partial charge in [0.05, 0.1) is 11.2 Å². The monoisotopic (exact) mass is 430 g/mol. The third-order valence-corrected chi connectivity index (χ3v) is 10.1. The van der Waals surface area contributed by atoms with E-state index < -0.39 is 11.2 Å². The summed E-state index contributed by atoms with van der Waals surface area (Å²) >= 11 is 0. The zero-order chi connectivity index (χ0) is 22.8. The van der Waals surface area contributed by atoms with Gasteiger partial charge in [-0.15, -0.1) is 0 Å². The normalized spacial score (nSPS) is 43.7. The summed E-state index contributed by atoms with van der Waals surface area (Å²) in [5.74, 6) is 1.20. The van der Waals surface area contributed by atoms with E-state index in [4.69, 9.17) is 0 Å². The number of ketones is 2. The Bertz CT molecular complexity index is 792. The van der Waals surface area contributed by atoms with Crippen molar-refractivity contribution >= 4 is 11.6 Å². The number of Topliss-reactive ketones (excluding diaryl/α,β-unsaturated/α-hetero) is 1. The number of allylic oxidation sites excluding steroid dienone is 1. The zero-order valence-corrected chi connectivity index (χ0v) is 20.2. The summed E-state index contributed by atoms with van der Waals surface area (Å²) in [5, 5.41) is 22.3. The first-order chi connectivity index (χ1) is 14.3. The van der Waals surface area contributed by atoms with Gasteiger partial charge in [-0.2, -0.15) is 0 Å². The Morgan fingerprint density at radius 2 is 1.84 bits per heavy atom. The van der Waals surface area contributed by atoms with E-state index >= 15 is 0 Å². The van der Waals surface area contributed by atoms with Gasteiger partial charge in [0.15, 0.2) is 5.78 Å². The van der Waals surface area contributed by atoms with E-state index in [-0.39, 0.29) is 34.2 Å². The average molecular weight is 431 g/mol. The molecule has 4 rings (SSSR count). The third-order valence-electron chi connectivity index (χ3n) is 10.1. The van der Waals surface area contributed by atoms with Gasteiger partial charge in [-0.05, 0) is 87.2 Å². The fourth-order valence-electron chi connectivity index (χ4n) is 8.15. The molecule has 0 bridgehead atoms. The number of aliphatic hydroxyl groups is 2. The summed E-state index contributed by atoms with van der Waals surface area (Å²) in [4.78, 5) is 25.2. The van der Waals surface area contributed by atoms with Crippen LogP contribution in [0.4, 0.5) is 0 Å². The summed E-state index contributed by atoms with van der Waals surface area (Å²) in [7, 11) is 0. The Hall–Kier alpha value is -1.00. The summed E-state index contributed by atoms with van der Waals surface area (Å²) in [5.41, 5.74) is -0.944. The molecule has 4 aliphatic carbocycles. The quantitative estimate of drug-likeness (QED) is 0.643. The number of carbonyl (C=O) groups is 2. The first-order valence-electron chi connectivity index (χ1n) is 12.5. The van der Waals surface area contributed by atoms with Gasteiger partial charge >= 0.3 is 0 Å². The van der Waals surface area contributed by atoms with Crippen molar-refractivity contribution in [1.82, 2.24) is 0 Å². The maximum atomic E-state index is 13.2. The van der Waals surface area contributed by atoms with Crippen LogP contribution in [0.2, 0.25) is 0 Å². The molecule has 0 unspecified atom stereocenters. The SMILES string of the molecule is C[C@H](CCCC(C)(C)O)[C@H]1CC[C@@]2(O)C3=CC(=O)[C@@H]4CC(=O)CC[C@]4(C)[C@H]3CC[C@]12C. The molecule has 0 aromatic rings. The molecule has 4 nitrogen and oxygen atoms in total. The standard InChI is InChI=1S/C27H42O4/c1-17(7-6-11-24(2,3)30)19-10-14-27(31)21-16-23(29)22-15-18(28)8-12-25(22,4)20(21)9-13-26(19,27)5/h16-17,19-20,22,30-31H,6-15H2,1-5H3/t17-,19-,20+,22+,25-,26-,27-/m1/s1. The molecule has 31 heavy (non-hydrogen) atoms. The van der Waals surface area contributed by atoms with Crippen molar-refractivity contribution in [2.24, 2.45) is 34.5 Å². The van der Waals surface area contributed by atoms with Crippen LogP contribution in [-0.2, 0) is 9.59 Å². The summed E-state index contributed by atoms with van der Waals surface area (Å²) in [6.45, 7) is 10.5. The first-order valence-corrected chi connectivity index (χ1v) is 12.5. The van der Waals surface area contributed by atoms with Crippen LogP contribution < -0.4 is 0 Å². The van der Waals surface area contributed by atoms with Crippen molar-refractivity contribution in [2.75, 3.05) is 0 Å². The van der Waals surface area contributed by atoms with Gasteiger partial charge in [-0.25, -0.2) is 0 Å². The van der Waals surface area contributed by atoms with Crippen molar-refractivity contribution in [3.05, 3.63) is 11.6 Å². The lowest BCUT2D eigenvalue weighted by atomic mass is 9.46. The Kier molecular flexibility index (Phi) is 5.62. The number of fused-ring (bicyclic) bond motifs is 5. The minimum Gasteiger partial charge on any atom is -0.390 e. The molecule has 2 N–H and O–H groups in total. The zero-order valence-electron chi connectivity index (χ0n) is 20.2. The summed E-state index contributed by atoms with van der Waals surface area (Å²) in [6, 6.07) is 0. The Labute approximate surface area is 187 Å². The minimum absolute atomic E-state index is 0.0705. The Morgan fingerprint density at radius 3 is 2.52 bits per heavy atom. The number of hydrogen-bond acceptors (Lipinski definition) is 4. The van der Waals surface area contributed by atoms with Crippen LogP contribution in [0.25, 0.3) is 0 Å². The lowest BCUT2D eigenvalue weighted by Gasteiger charge is -2.59. The maximum Gasteiger partial charge on any atom is 0.159 e. The van der Waals surface area contributed by atoms with Crippen LogP contribution >= 0.6 is 0 Å². The van der Waals surface area contributed by atoms with Crippen LogP contribution in [0.5, 0.6) is 0 Å². The number of hydrogen-bond donors (Lipinski definition) is 2. The molecule has 0 amide bonds. The fourth-order valence-corrected chi connectivity index (χ4v) is 8.15. The van der Waals surface area contributed by atoms with Gasteiger partial charge in [0.2, 0.25) is 0 Å². The highest BCUT2D eigenvalue weighted by Crippen LogP contribution is 2.68. The highest BCUT2D eigenvalue weighted by molar-refractivity contribution is 5.98. The highest BCUT2D eigenvalue weighted by Gasteiger charge is 2.66. The average Bonchev–Trinajstić information content (AvgIpc) is 2.94. The van der Waals surface area contributed by atoms with E-state index in [9.17, 15) is 19.8 Å². The molecule has 0 radical (unpaired) electrons. The lowest BCUT2D eigenvalue weighted by molar-refractivity contribution is -0.144. The minimum atomic E-state index is -0.907. The van der Waals surface area contributed by atoms with Crippen molar-refractivity contribution in [1.29, 1.82) is 0 Å². The van der Waals surface area contributed by atoms with Crippen molar-refractivity contribution in [3.63, 3.8) is 0 Å². The van der Waals surface area contributed by atoms with Gasteiger partial charge in [0, 0.05) is 24.2 Å². The molecular formula is C27H42O4. The van der Waals surface area contributed by atoms with Crippen molar-refractivity contribution < 1.29 is 19.8 Å². The van der Waals surface area contributed by atoms with Crippen LogP contribution in [-0.4, -0.2) is 33.0 Å². The number of rotatable bonds is 5. The molecule has 3 fully saturated rings. The Morgan fingerprint density at radius 1 is 1.13 bits per heavy atom. The molecule has 0 saturated heterocycles. The second-order valence-electron chi connectivity index (χ2n) is 12.5. The van der Waals surface area contributed by atoms with E-state index in [0.29, 0.717) is 24.7 Å². The summed E-state index contributed by atoms with van der Waals surface area (Å²) in [6.07, 6.45) is 10.1. The topological polar surface area (TPSA) is 74.6 Å². The van der Waals surface area contributed by atoms with E-state index in [1.54, 1.807) is 6.08 Å². The molecule has 4 heteroatoms. The maximum absolute atomic E-state index is 13.2. The number of carbonyl (C=O) groups excluding carboxylic acids is 2. The van der Waals surface area contributed by atoms with Gasteiger partial charge in [0.25, 0.3) is 0 Å². The molecule has 0 heterocycles. The van der Waals surface area contributed by atoms with Crippen molar-refractivity contribution in [3.8, 4) is 0 Å². The molecule has 174 valence electrons. The second kappa shape index (κ2) is 7.52. The molecule has 3 saturated carbocycles. The smallest absolute Gasteiger partial charge is 0.159 e. The Balaban J connectivity index is 1.59. The molecule has 0 aromatic heterocycles. The third kappa shape index (κ3) is 3.57. The van der Waals surface area contributed by atoms with Crippen LogP contribution in [0.3, 0.4) is 0 Å². The lowest BCUT2D eigenvalue weighted by Crippen LogP contribution is -2.59. The van der Waals surface area contributed by atoms with Crippen LogP contribution in [0.1, 0.15) is 98.8 Å². The van der Waals surface area contributed by atoms with Gasteiger partial charge in [-0.3, -0.25) is 9.59 Å². The molecule has 0 aliphatic heterocycles. The van der Waals surface area contributed by atoms with Crippen LogP contribution in [0, 0.1) is 34.5 Å². The molecule has 7 atom stereocenters. The largest absolute Gasteiger partial charge is 0.390 e. The van der Waals surface area contributed by atoms with Gasteiger partial charge < -0.3 is 10.2 Å². The molecule has 0 spiro atoms. The highest BCUT2D eigenvalue weighted by atomic mass is 16.3. The van der Waals surface area contributed by atoms with E-state index in [0.717, 1.165) is 56.9 Å². The first kappa shape index (κ1) is 23.2. The molecule has 0 aromatic carbocycles. The predicted molar refractivity (Wildman–Crippen MR) is 121 cm³/mol. The predicted octanol–water partition coefficient (Wildman–Crippen LogP) is 5.01. The molecule has 4 aliphatic rings. The van der Waals surface area contributed by atoms with Gasteiger partial charge in [-0.1, -0.05) is 33.6 Å². The van der Waals surface area contributed by atoms with E-state index in [1.165, 1.54) is 0 Å². The van der Waals surface area contributed by atoms with Crippen molar-refractivity contribution in [2.45, 2.75) is 110 Å². The molecular weight excluding hydrogens is 388 g/mol. The summed E-state index contributed by atoms with van der Waals surface area (Å²) < 4.78 is 0. The second-order valence-corrected chi connectivity index (χ2v) is 12.5. The van der Waals surface area contributed by atoms with Gasteiger partial charge in [0.1, 0.15) is 5.78 Å². The van der Waals surface area contributed by atoms with Crippen LogP contribution in [0.15, 0.2) is 11.6 Å². The fraction of sp³-hybridized carbons (Fsp3) is 0.852. The van der Waals surface area contributed by atoms with E-state index in [2.05, 4.69) is 20.8 Å². The van der Waals surface area contributed by atoms with E-state index in [1.807, 2.05) is 13.8 Å².